The number of aliphatic carboxylic acids is 1. The van der Waals surface area contributed by atoms with Gasteiger partial charge in [0.05, 0.1) is 51.6 Å². The van der Waals surface area contributed by atoms with Crippen molar-refractivity contribution in [3.8, 4) is 0 Å². The Bertz CT molecular complexity index is 1590. The first-order valence-electron chi connectivity index (χ1n) is 19.2. The molecule has 0 aliphatic carbocycles. The lowest BCUT2D eigenvalue weighted by Crippen LogP contribution is -2.61. The summed E-state index contributed by atoms with van der Waals surface area (Å²) in [5.74, 6) is -11.1. The molecular weight excluding hydrogens is 830 g/mol. The average molecular weight is 892 g/mol. The average Bonchev–Trinajstić information content (AvgIpc) is 3.21. The third-order valence-electron chi connectivity index (χ3n) is 8.64. The molecule has 0 heterocycles. The van der Waals surface area contributed by atoms with Crippen molar-refractivity contribution in [3.05, 3.63) is 0 Å². The zero-order chi connectivity index (χ0) is 47.7. The summed E-state index contributed by atoms with van der Waals surface area (Å²) in [5, 5.41) is 68.9. The number of aliphatic hydroxyl groups is 4. The van der Waals surface area contributed by atoms with Crippen LogP contribution in [0, 0.1) is 5.92 Å². The van der Waals surface area contributed by atoms with Gasteiger partial charge in [0, 0.05) is 6.54 Å². The van der Waals surface area contributed by atoms with Crippen molar-refractivity contribution in [1.82, 2.24) is 47.9 Å². The summed E-state index contributed by atoms with van der Waals surface area (Å²) < 4.78 is 0. The number of carboxylic acid groups (broad SMARTS) is 1. The molecule has 9 atom stereocenters. The molecule has 0 fully saturated rings. The van der Waals surface area contributed by atoms with E-state index in [2.05, 4.69) is 52.8 Å². The third kappa shape index (κ3) is 21.3. The molecule has 28 nitrogen and oxygen atoms in total. The van der Waals surface area contributed by atoms with Gasteiger partial charge in [0.2, 0.25) is 53.2 Å². The molecule has 0 saturated heterocycles. The standard InChI is InChI=1S/C34H61N13O15/c1-5-15(2)25(30(58)43-18(33(61)62)7-6-8-38-34(36)37)47-32(60)27(17(4)51)46-24(55)12-41-29(57)20(14-49)44-31(59)26(16(3)50)45-23(54)11-40-28(56)19(13-48)42-22(53)10-39-21(52)9-35/h15-20,25-27,48-51H,5-14,35H2,1-4H3,(H,39,52)(H,40,56)(H,41,57)(H,42,53)(H,43,58)(H,44,59)(H,45,54)(H,46,55)(H,47,60)(H,61,62)(H4,36,37,38)/t15-,16+,17+,18-,19-,20-,25-,26-,27-/m0/s1. The number of nitrogens with zero attached hydrogens (tertiary/aromatic N) is 1. The summed E-state index contributed by atoms with van der Waals surface area (Å²) in [5.41, 5.74) is 15.6. The molecule has 20 N–H and O–H groups in total. The van der Waals surface area contributed by atoms with Gasteiger partial charge < -0.3 is 90.6 Å². The third-order valence-corrected chi connectivity index (χ3v) is 8.64. The lowest BCUT2D eigenvalue weighted by atomic mass is 9.97. The van der Waals surface area contributed by atoms with Crippen LogP contribution < -0.4 is 65.1 Å². The van der Waals surface area contributed by atoms with Crippen LogP contribution in [0.2, 0.25) is 0 Å². The summed E-state index contributed by atoms with van der Waals surface area (Å²) in [7, 11) is 0. The molecule has 0 spiro atoms. The van der Waals surface area contributed by atoms with Crippen molar-refractivity contribution in [2.24, 2.45) is 28.1 Å². The monoisotopic (exact) mass is 891 g/mol. The zero-order valence-electron chi connectivity index (χ0n) is 34.8. The summed E-state index contributed by atoms with van der Waals surface area (Å²) in [6.45, 7) is 0.946. The van der Waals surface area contributed by atoms with Crippen LogP contribution in [-0.4, -0.2) is 185 Å². The molecule has 28 heteroatoms. The summed E-state index contributed by atoms with van der Waals surface area (Å²) in [6, 6.07) is -9.50. The maximum absolute atomic E-state index is 13.3. The van der Waals surface area contributed by atoms with E-state index in [0.29, 0.717) is 6.42 Å². The molecule has 0 saturated carbocycles. The number of nitrogens with one attached hydrogen (secondary N) is 9. The Balaban J connectivity index is 5.46. The van der Waals surface area contributed by atoms with Crippen LogP contribution >= 0.6 is 0 Å². The maximum Gasteiger partial charge on any atom is 0.326 e. The Kier molecular flexibility index (Phi) is 26.2. The topological polar surface area (TPSA) is 471 Å². The highest BCUT2D eigenvalue weighted by molar-refractivity contribution is 5.97. The van der Waals surface area contributed by atoms with E-state index in [1.54, 1.807) is 13.8 Å². The van der Waals surface area contributed by atoms with Gasteiger partial charge in [-0.1, -0.05) is 20.3 Å². The van der Waals surface area contributed by atoms with Crippen molar-refractivity contribution in [3.63, 3.8) is 0 Å². The van der Waals surface area contributed by atoms with Crippen molar-refractivity contribution in [1.29, 1.82) is 0 Å². The molecule has 9 amide bonds. The lowest BCUT2D eigenvalue weighted by molar-refractivity contribution is -0.143. The number of amides is 9. The fourth-order valence-electron chi connectivity index (χ4n) is 4.95. The van der Waals surface area contributed by atoms with Crippen LogP contribution in [0.4, 0.5) is 0 Å². The molecule has 62 heavy (non-hydrogen) atoms. The van der Waals surface area contributed by atoms with E-state index in [4.69, 9.17) is 17.2 Å². The van der Waals surface area contributed by atoms with Gasteiger partial charge >= 0.3 is 5.97 Å². The second-order valence-electron chi connectivity index (χ2n) is 13.8. The van der Waals surface area contributed by atoms with Crippen LogP contribution in [0.3, 0.4) is 0 Å². The minimum absolute atomic E-state index is 0.0592. The van der Waals surface area contributed by atoms with E-state index in [1.165, 1.54) is 0 Å². The minimum Gasteiger partial charge on any atom is -0.480 e. The number of carbonyl (C=O) groups excluding carboxylic acids is 9. The quantitative estimate of drug-likeness (QED) is 0.0188. The molecule has 0 aromatic rings. The Morgan fingerprint density at radius 1 is 0.565 bits per heavy atom. The van der Waals surface area contributed by atoms with E-state index in [-0.39, 0.29) is 25.3 Å². The molecule has 0 rings (SSSR count). The fourth-order valence-corrected chi connectivity index (χ4v) is 4.95. The molecule has 0 radical (unpaired) electrons. The number of hydrogen-bond acceptors (Lipinski definition) is 16. The largest absolute Gasteiger partial charge is 0.480 e. The molecule has 0 aliphatic heterocycles. The van der Waals surface area contributed by atoms with Gasteiger partial charge in [-0.05, 0) is 32.6 Å². The summed E-state index contributed by atoms with van der Waals surface area (Å²) in [4.78, 5) is 129. The first-order chi connectivity index (χ1) is 29.0. The van der Waals surface area contributed by atoms with Gasteiger partial charge in [-0.2, -0.15) is 0 Å². The Morgan fingerprint density at radius 2 is 0.984 bits per heavy atom. The Hall–Kier alpha value is -6.23. The first kappa shape index (κ1) is 55.8. The normalized spacial score (nSPS) is 15.1. The van der Waals surface area contributed by atoms with Crippen LogP contribution in [0.1, 0.15) is 47.0 Å². The van der Waals surface area contributed by atoms with E-state index in [0.717, 1.165) is 13.8 Å². The van der Waals surface area contributed by atoms with Crippen molar-refractivity contribution in [2.75, 3.05) is 45.9 Å². The predicted octanol–water partition coefficient (Wildman–Crippen LogP) is -9.87. The Morgan fingerprint density at radius 3 is 1.40 bits per heavy atom. The zero-order valence-corrected chi connectivity index (χ0v) is 34.8. The van der Waals surface area contributed by atoms with Gasteiger partial charge in [0.25, 0.3) is 0 Å². The number of nitrogens with two attached hydrogens (primary N) is 3. The van der Waals surface area contributed by atoms with Gasteiger partial charge in [0.1, 0.15) is 36.3 Å². The maximum atomic E-state index is 13.3. The van der Waals surface area contributed by atoms with Gasteiger partial charge in [-0.15, -0.1) is 0 Å². The number of hydrogen-bond donors (Lipinski definition) is 17. The highest BCUT2D eigenvalue weighted by Crippen LogP contribution is 2.11. The van der Waals surface area contributed by atoms with Gasteiger partial charge in [-0.25, -0.2) is 4.79 Å². The SMILES string of the molecule is CC[C@H](C)[C@H](NC(=O)[C@@H](NC(=O)CNC(=O)[C@H](CO)NC(=O)[C@@H](NC(=O)CNC(=O)[C@H](CO)NC(=O)CNC(=O)CN)[C@@H](C)O)[C@@H](C)O)C(=O)N[C@@H](CCCN=C(N)N)C(=O)O. The molecule has 352 valence electrons. The van der Waals surface area contributed by atoms with Crippen LogP contribution in [0.5, 0.6) is 0 Å². The second kappa shape index (κ2) is 29.1. The van der Waals surface area contributed by atoms with Crippen molar-refractivity contribution < 1.29 is 73.5 Å². The summed E-state index contributed by atoms with van der Waals surface area (Å²) in [6.07, 6.45) is -2.72. The number of aliphatic imine (C=N–C) groups is 1. The van der Waals surface area contributed by atoms with Crippen LogP contribution in [-0.2, 0) is 47.9 Å². The second-order valence-corrected chi connectivity index (χ2v) is 13.8. The van der Waals surface area contributed by atoms with E-state index in [1.807, 2.05) is 0 Å². The molecule has 0 aliphatic rings. The molecular formula is C34H61N13O15. The smallest absolute Gasteiger partial charge is 0.326 e. The number of guanidine groups is 1. The van der Waals surface area contributed by atoms with E-state index < -0.39 is 153 Å². The highest BCUT2D eigenvalue weighted by atomic mass is 16.4. The molecule has 0 unspecified atom stereocenters. The summed E-state index contributed by atoms with van der Waals surface area (Å²) >= 11 is 0. The number of rotatable bonds is 29. The fraction of sp³-hybridized carbons (Fsp3) is 0.676. The first-order valence-corrected chi connectivity index (χ1v) is 19.2. The molecule has 0 aromatic carbocycles. The van der Waals surface area contributed by atoms with Crippen molar-refractivity contribution in [2.45, 2.75) is 95.4 Å². The van der Waals surface area contributed by atoms with Gasteiger partial charge in [-0.3, -0.25) is 48.1 Å². The van der Waals surface area contributed by atoms with Crippen LogP contribution in [0.25, 0.3) is 0 Å². The van der Waals surface area contributed by atoms with Crippen molar-refractivity contribution >= 4 is 65.1 Å². The van der Waals surface area contributed by atoms with E-state index in [9.17, 15) is 73.5 Å². The van der Waals surface area contributed by atoms with Gasteiger partial charge in [0.15, 0.2) is 5.96 Å². The highest BCUT2D eigenvalue weighted by Gasteiger charge is 2.35. The molecule has 0 bridgehead atoms. The predicted molar refractivity (Wildman–Crippen MR) is 214 cm³/mol. The number of carboxylic acids is 1. The lowest BCUT2D eigenvalue weighted by Gasteiger charge is -2.28. The number of carbonyl (C=O) groups is 10. The molecule has 0 aromatic heterocycles. The number of aliphatic hydroxyl groups excluding tert-OH is 4. The minimum atomic E-state index is -1.78. The Labute approximate surface area is 355 Å². The van der Waals surface area contributed by atoms with E-state index >= 15 is 0 Å². The van der Waals surface area contributed by atoms with Crippen LogP contribution in [0.15, 0.2) is 4.99 Å².